The Hall–Kier alpha value is 1.23. The molecule has 2 nitrogen and oxygen atoms in total. The Kier molecular flexibility index (Phi) is 37.5. The van der Waals surface area contributed by atoms with Crippen molar-refractivity contribution >= 4 is 14.9 Å². The molecule has 0 N–H and O–H groups in total. The molecule has 0 aromatic rings. The maximum atomic E-state index is 9.78. The molecule has 10 heteroatoms. The molecular formula is H4B2F4I2O2. The molecule has 0 unspecified atom stereocenters. The van der Waals surface area contributed by atoms with Crippen LogP contribution in [-0.2, 0) is 0 Å². The normalized spacial score (nSPS) is 5.40. The molecule has 0 aliphatic carbocycles. The SMILES string of the molecule is [IH2+].[IH2+].[O-]B(F)F.[O-]B(F)F. The van der Waals surface area contributed by atoms with Crippen LogP contribution < -0.4 is 58.0 Å². The van der Waals surface area contributed by atoms with Gasteiger partial charge in [-0.1, -0.05) is 0 Å². The van der Waals surface area contributed by atoms with Crippen LogP contribution in [0.3, 0.4) is 0 Å². The van der Waals surface area contributed by atoms with Gasteiger partial charge in [0, 0.05) is 0 Å². The maximum absolute atomic E-state index is 9.78. The summed E-state index contributed by atoms with van der Waals surface area (Å²) in [5.74, 6) is 0. The zero-order valence-corrected chi connectivity index (χ0v) is 9.48. The van der Waals surface area contributed by atoms with Crippen LogP contribution in [0.2, 0.25) is 0 Å². The van der Waals surface area contributed by atoms with Crippen molar-refractivity contribution in [1.29, 1.82) is 0 Å². The van der Waals surface area contributed by atoms with Crippen LogP contribution >= 0.6 is 0 Å². The topological polar surface area (TPSA) is 46.1 Å². The van der Waals surface area contributed by atoms with E-state index in [9.17, 15) is 17.3 Å². The van der Waals surface area contributed by atoms with Gasteiger partial charge >= 0.3 is 14.9 Å². The highest BCUT2D eigenvalue weighted by Gasteiger charge is 1.79. The van der Waals surface area contributed by atoms with Crippen LogP contribution in [0.4, 0.5) is 17.3 Å². The first kappa shape index (κ1) is 22.5. The van der Waals surface area contributed by atoms with E-state index in [0.717, 1.165) is 0 Å². The van der Waals surface area contributed by atoms with E-state index in [1.54, 1.807) is 0 Å². The van der Waals surface area contributed by atoms with Gasteiger partial charge in [-0.3, -0.25) is 0 Å². The van der Waals surface area contributed by atoms with Crippen molar-refractivity contribution in [2.45, 2.75) is 0 Å². The first-order chi connectivity index (χ1) is 3.46. The summed E-state index contributed by atoms with van der Waals surface area (Å²) in [5, 5.41) is 16.4. The van der Waals surface area contributed by atoms with Crippen molar-refractivity contribution < 1.29 is 75.3 Å². The molecule has 0 aromatic carbocycles. The standard InChI is InChI=1S/2BF2O.2H2I/c2*2-1(3)4;;/h;;2*1H2/q2*-1;2*+1. The maximum Gasteiger partial charge on any atom is 0.447 e. The fourth-order valence-corrected chi connectivity index (χ4v) is 0. The minimum atomic E-state index is -3.42. The van der Waals surface area contributed by atoms with E-state index in [1.165, 1.54) is 0 Å². The van der Waals surface area contributed by atoms with Crippen molar-refractivity contribution in [1.82, 2.24) is 0 Å². The van der Waals surface area contributed by atoms with E-state index < -0.39 is 14.9 Å². The summed E-state index contributed by atoms with van der Waals surface area (Å²) in [5.41, 5.74) is 0. The van der Waals surface area contributed by atoms with E-state index in [0.29, 0.717) is 0 Å². The predicted octanol–water partition coefficient (Wildman–Crippen LogP) is -8.52. The Balaban J connectivity index is -0.0000000300. The molecule has 0 atom stereocenters. The summed E-state index contributed by atoms with van der Waals surface area (Å²) in [6.07, 6.45) is 0. The smallest absolute Gasteiger partial charge is 0.447 e. The minimum Gasteiger partial charge on any atom is -0.824 e. The van der Waals surface area contributed by atoms with Crippen LogP contribution in [-0.4, -0.2) is 14.9 Å². The van der Waals surface area contributed by atoms with Gasteiger partial charge in [-0.25, -0.2) is 0 Å². The Morgan fingerprint density at radius 1 is 0.700 bits per heavy atom. The Morgan fingerprint density at radius 3 is 0.700 bits per heavy atom. The monoisotopic (exact) mass is 388 g/mol. The van der Waals surface area contributed by atoms with Crippen LogP contribution in [0.25, 0.3) is 0 Å². The molecule has 0 spiro atoms. The van der Waals surface area contributed by atoms with Gasteiger partial charge in [0.1, 0.15) is 0 Å². The molecule has 0 aliphatic rings. The molecule has 10 heavy (non-hydrogen) atoms. The lowest BCUT2D eigenvalue weighted by molar-refractivity contribution is -0.224. The summed E-state index contributed by atoms with van der Waals surface area (Å²) >= 11 is 0. The average Bonchev–Trinajstić information content (AvgIpc) is 1.25. The van der Waals surface area contributed by atoms with Gasteiger partial charge in [0.25, 0.3) is 0 Å². The van der Waals surface area contributed by atoms with Crippen LogP contribution in [0, 0.1) is 0 Å². The average molecular weight is 387 g/mol. The number of halogens is 6. The summed E-state index contributed by atoms with van der Waals surface area (Å²) in [6, 6.07) is 0. The second-order valence-electron chi connectivity index (χ2n) is 0.521. The number of hydrogen-bond donors (Lipinski definition) is 0. The van der Waals surface area contributed by atoms with Crippen LogP contribution in [0.15, 0.2) is 0 Å². The first-order valence-corrected chi connectivity index (χ1v) is 1.34. The molecule has 0 bridgehead atoms. The van der Waals surface area contributed by atoms with Crippen molar-refractivity contribution in [2.75, 3.05) is 0 Å². The molecule has 0 fully saturated rings. The van der Waals surface area contributed by atoms with E-state index >= 15 is 0 Å². The van der Waals surface area contributed by atoms with Crippen LogP contribution in [0.5, 0.6) is 0 Å². The largest absolute Gasteiger partial charge is 0.824 e. The van der Waals surface area contributed by atoms with E-state index in [4.69, 9.17) is 10.0 Å². The zero-order chi connectivity index (χ0) is 7.15. The molecule has 0 radical (unpaired) electrons. The van der Waals surface area contributed by atoms with Gasteiger partial charge in [-0.15, -0.1) is 0 Å². The predicted molar refractivity (Wildman–Crippen MR) is 21.5 cm³/mol. The third kappa shape index (κ3) is 413. The highest BCUT2D eigenvalue weighted by atomic mass is 127. The summed E-state index contributed by atoms with van der Waals surface area (Å²) in [7, 11) is -6.83. The van der Waals surface area contributed by atoms with E-state index in [2.05, 4.69) is 0 Å². The number of rotatable bonds is 0. The van der Waals surface area contributed by atoms with Crippen molar-refractivity contribution in [2.24, 2.45) is 0 Å². The van der Waals surface area contributed by atoms with Crippen molar-refractivity contribution in [3.8, 4) is 0 Å². The summed E-state index contributed by atoms with van der Waals surface area (Å²) in [6.45, 7) is 0. The van der Waals surface area contributed by atoms with Gasteiger partial charge in [0.2, 0.25) is 48.0 Å². The summed E-state index contributed by atoms with van der Waals surface area (Å²) in [4.78, 5) is 0. The third-order valence-electron chi connectivity index (χ3n) is 0. The lowest BCUT2D eigenvalue weighted by atomic mass is 10.4. The zero-order valence-electron chi connectivity index (χ0n) is 4.38. The summed E-state index contributed by atoms with van der Waals surface area (Å²) < 4.78 is 39.1. The molecule has 0 aliphatic heterocycles. The fourth-order valence-electron chi connectivity index (χ4n) is 0. The lowest BCUT2D eigenvalue weighted by Crippen LogP contribution is -3.00. The number of hydrogen-bond acceptors (Lipinski definition) is 2. The third-order valence-corrected chi connectivity index (χ3v) is 0. The molecule has 0 saturated heterocycles. The molecule has 0 amide bonds. The fraction of sp³-hybridized carbons (Fsp3) is 0. The Morgan fingerprint density at radius 2 is 0.700 bits per heavy atom. The second kappa shape index (κ2) is 16.7. The van der Waals surface area contributed by atoms with Crippen LogP contribution in [0.1, 0.15) is 0 Å². The second-order valence-corrected chi connectivity index (χ2v) is 0.521. The Labute approximate surface area is 89.8 Å². The van der Waals surface area contributed by atoms with Crippen molar-refractivity contribution in [3.05, 3.63) is 0 Å². The van der Waals surface area contributed by atoms with Gasteiger partial charge in [-0.05, 0) is 0 Å². The Bertz CT molecular complexity index is 34.7. The molecule has 0 rings (SSSR count). The minimum absolute atomic E-state index is 0. The van der Waals surface area contributed by atoms with Gasteiger partial charge in [0.05, 0.1) is 0 Å². The lowest BCUT2D eigenvalue weighted by Gasteiger charge is -1.84. The first-order valence-electron chi connectivity index (χ1n) is 1.34. The molecule has 64 valence electrons. The van der Waals surface area contributed by atoms with Gasteiger partial charge in [-0.2, -0.15) is 0 Å². The van der Waals surface area contributed by atoms with E-state index in [1.807, 2.05) is 0 Å². The van der Waals surface area contributed by atoms with E-state index in [-0.39, 0.29) is 48.0 Å². The molecule has 0 saturated carbocycles. The van der Waals surface area contributed by atoms with Crippen molar-refractivity contribution in [3.63, 3.8) is 0 Å². The molecular weight excluding hydrogens is 383 g/mol. The molecule has 0 heterocycles. The highest BCUT2D eigenvalue weighted by molar-refractivity contribution is 6.30. The molecule has 0 aromatic heterocycles. The highest BCUT2D eigenvalue weighted by Crippen LogP contribution is 1.63. The van der Waals surface area contributed by atoms with Gasteiger partial charge < -0.3 is 27.3 Å². The van der Waals surface area contributed by atoms with Gasteiger partial charge in [0.15, 0.2) is 0 Å². The quantitative estimate of drug-likeness (QED) is 0.236.